The zero-order valence-electron chi connectivity index (χ0n) is 13.0. The smallest absolute Gasteiger partial charge is 0.251 e. The van der Waals surface area contributed by atoms with E-state index >= 15 is 0 Å². The lowest BCUT2D eigenvalue weighted by Crippen LogP contribution is -2.49. The molecule has 0 radical (unpaired) electrons. The van der Waals surface area contributed by atoms with Gasteiger partial charge in [-0.15, -0.1) is 0 Å². The van der Waals surface area contributed by atoms with E-state index in [4.69, 9.17) is 0 Å². The number of phenols is 1. The molecule has 1 saturated carbocycles. The van der Waals surface area contributed by atoms with E-state index in [0.717, 1.165) is 36.8 Å². The van der Waals surface area contributed by atoms with Crippen molar-refractivity contribution in [1.29, 1.82) is 0 Å². The fraction of sp³-hybridized carbons (Fsp3) is 0.316. The zero-order chi connectivity index (χ0) is 16.3. The lowest BCUT2D eigenvalue weighted by molar-refractivity contribution is 0.0838. The van der Waals surface area contributed by atoms with Crippen LogP contribution in [0.15, 0.2) is 48.5 Å². The fourth-order valence-corrected chi connectivity index (χ4v) is 3.18. The van der Waals surface area contributed by atoms with E-state index in [0.29, 0.717) is 5.56 Å². The summed E-state index contributed by atoms with van der Waals surface area (Å²) in [5.74, 6) is 0.0651. The first-order valence-corrected chi connectivity index (χ1v) is 7.95. The second-order valence-corrected chi connectivity index (χ2v) is 6.23. The maximum absolute atomic E-state index is 12.5. The summed E-state index contributed by atoms with van der Waals surface area (Å²) in [6.07, 6.45) is 3.72. The van der Waals surface area contributed by atoms with Crippen LogP contribution in [0.4, 0.5) is 0 Å². The van der Waals surface area contributed by atoms with Gasteiger partial charge >= 0.3 is 0 Å². The maximum atomic E-state index is 12.5. The van der Waals surface area contributed by atoms with Crippen molar-refractivity contribution < 1.29 is 15.0 Å². The van der Waals surface area contributed by atoms with E-state index < -0.39 is 5.54 Å². The van der Waals surface area contributed by atoms with Crippen molar-refractivity contribution in [2.24, 2.45) is 0 Å². The van der Waals surface area contributed by atoms with E-state index in [1.165, 1.54) is 0 Å². The number of phenolic OH excluding ortho intramolecular Hbond substituents is 1. The number of amides is 1. The summed E-state index contributed by atoms with van der Waals surface area (Å²) in [5.41, 5.74) is 1.97. The molecule has 0 aliphatic heterocycles. The Balaban J connectivity index is 1.81. The van der Waals surface area contributed by atoms with E-state index in [9.17, 15) is 15.0 Å². The Morgan fingerprint density at radius 2 is 1.74 bits per heavy atom. The number of aromatic hydroxyl groups is 1. The van der Waals surface area contributed by atoms with Crippen LogP contribution in [0.1, 0.15) is 36.0 Å². The third-order valence-corrected chi connectivity index (χ3v) is 4.57. The van der Waals surface area contributed by atoms with Crippen molar-refractivity contribution in [3.8, 4) is 16.9 Å². The molecule has 1 aliphatic rings. The van der Waals surface area contributed by atoms with Crippen molar-refractivity contribution in [2.45, 2.75) is 31.2 Å². The van der Waals surface area contributed by atoms with E-state index in [2.05, 4.69) is 5.32 Å². The number of nitrogens with one attached hydrogen (secondary N) is 1. The summed E-state index contributed by atoms with van der Waals surface area (Å²) in [6.45, 7) is -0.0175. The molecular weight excluding hydrogens is 290 g/mol. The molecule has 0 saturated heterocycles. The van der Waals surface area contributed by atoms with E-state index in [1.54, 1.807) is 18.2 Å². The molecule has 23 heavy (non-hydrogen) atoms. The van der Waals surface area contributed by atoms with Crippen LogP contribution in [0.2, 0.25) is 0 Å². The molecule has 0 heterocycles. The summed E-state index contributed by atoms with van der Waals surface area (Å²) in [6, 6.07) is 14.3. The predicted octanol–water partition coefficient (Wildman–Crippen LogP) is 3.09. The average Bonchev–Trinajstić information content (AvgIpc) is 3.05. The van der Waals surface area contributed by atoms with Gasteiger partial charge in [0.15, 0.2) is 0 Å². The molecule has 1 aliphatic carbocycles. The summed E-state index contributed by atoms with van der Waals surface area (Å²) < 4.78 is 0. The number of hydrogen-bond acceptors (Lipinski definition) is 3. The molecule has 0 bridgehead atoms. The van der Waals surface area contributed by atoms with E-state index in [1.807, 2.05) is 30.3 Å². The molecule has 0 atom stereocenters. The standard InChI is InChI=1S/C19H21NO3/c21-13-19(10-1-2-11-19)20-18(23)16-5-3-4-15(12-16)14-6-8-17(22)9-7-14/h3-9,12,21-22H,1-2,10-11,13H2,(H,20,23). The van der Waals surface area contributed by atoms with Gasteiger partial charge < -0.3 is 15.5 Å². The first kappa shape index (κ1) is 15.6. The Morgan fingerprint density at radius 1 is 1.04 bits per heavy atom. The number of benzene rings is 2. The largest absolute Gasteiger partial charge is 0.508 e. The van der Waals surface area contributed by atoms with Crippen LogP contribution in [-0.2, 0) is 0 Å². The molecule has 2 aromatic rings. The Bertz CT molecular complexity index is 688. The van der Waals surface area contributed by atoms with Crippen LogP contribution in [0.3, 0.4) is 0 Å². The number of hydrogen-bond donors (Lipinski definition) is 3. The van der Waals surface area contributed by atoms with Crippen LogP contribution in [0.5, 0.6) is 5.75 Å². The van der Waals surface area contributed by atoms with Gasteiger partial charge in [-0.2, -0.15) is 0 Å². The molecule has 0 unspecified atom stereocenters. The van der Waals surface area contributed by atoms with Gasteiger partial charge in [-0.1, -0.05) is 37.1 Å². The first-order valence-electron chi connectivity index (χ1n) is 7.95. The second kappa shape index (κ2) is 6.42. The molecule has 4 nitrogen and oxygen atoms in total. The van der Waals surface area contributed by atoms with Gasteiger partial charge in [0, 0.05) is 5.56 Å². The minimum atomic E-state index is -0.467. The van der Waals surface area contributed by atoms with Gasteiger partial charge in [0.05, 0.1) is 12.1 Å². The number of rotatable bonds is 4. The van der Waals surface area contributed by atoms with Gasteiger partial charge in [-0.3, -0.25) is 4.79 Å². The summed E-state index contributed by atoms with van der Waals surface area (Å²) >= 11 is 0. The van der Waals surface area contributed by atoms with Crippen LogP contribution in [0.25, 0.3) is 11.1 Å². The van der Waals surface area contributed by atoms with E-state index in [-0.39, 0.29) is 18.3 Å². The zero-order valence-corrected chi connectivity index (χ0v) is 13.0. The van der Waals surface area contributed by atoms with Gasteiger partial charge in [-0.05, 0) is 48.2 Å². The summed E-state index contributed by atoms with van der Waals surface area (Å²) in [4.78, 5) is 12.5. The van der Waals surface area contributed by atoms with Crippen molar-refractivity contribution in [3.05, 3.63) is 54.1 Å². The minimum Gasteiger partial charge on any atom is -0.508 e. The third-order valence-electron chi connectivity index (χ3n) is 4.57. The highest BCUT2D eigenvalue weighted by Gasteiger charge is 2.34. The monoisotopic (exact) mass is 311 g/mol. The Morgan fingerprint density at radius 3 is 2.39 bits per heavy atom. The first-order chi connectivity index (χ1) is 11.1. The lowest BCUT2D eigenvalue weighted by atomic mass is 9.97. The molecule has 0 aromatic heterocycles. The number of aliphatic hydroxyl groups is 1. The number of aliphatic hydroxyl groups excluding tert-OH is 1. The molecule has 1 fully saturated rings. The summed E-state index contributed by atoms with van der Waals surface area (Å²) in [5, 5.41) is 22.0. The van der Waals surface area contributed by atoms with Gasteiger partial charge in [0.1, 0.15) is 5.75 Å². The molecule has 120 valence electrons. The molecule has 4 heteroatoms. The fourth-order valence-electron chi connectivity index (χ4n) is 3.18. The number of carbonyl (C=O) groups excluding carboxylic acids is 1. The van der Waals surface area contributed by atoms with Crippen molar-refractivity contribution in [3.63, 3.8) is 0 Å². The Labute approximate surface area is 135 Å². The van der Waals surface area contributed by atoms with Crippen molar-refractivity contribution >= 4 is 5.91 Å². The van der Waals surface area contributed by atoms with Gasteiger partial charge in [0.2, 0.25) is 0 Å². The highest BCUT2D eigenvalue weighted by molar-refractivity contribution is 5.96. The highest BCUT2D eigenvalue weighted by Crippen LogP contribution is 2.30. The normalized spacial score (nSPS) is 16.2. The van der Waals surface area contributed by atoms with Crippen LogP contribution >= 0.6 is 0 Å². The average molecular weight is 311 g/mol. The maximum Gasteiger partial charge on any atom is 0.251 e. The second-order valence-electron chi connectivity index (χ2n) is 6.23. The highest BCUT2D eigenvalue weighted by atomic mass is 16.3. The SMILES string of the molecule is O=C(NC1(CO)CCCC1)c1cccc(-c2ccc(O)cc2)c1. The van der Waals surface area contributed by atoms with Crippen LogP contribution < -0.4 is 5.32 Å². The topological polar surface area (TPSA) is 69.6 Å². The van der Waals surface area contributed by atoms with Gasteiger partial charge in [0.25, 0.3) is 5.91 Å². The molecule has 0 spiro atoms. The minimum absolute atomic E-state index is 0.0175. The van der Waals surface area contributed by atoms with Crippen LogP contribution in [0, 0.1) is 0 Å². The van der Waals surface area contributed by atoms with Crippen molar-refractivity contribution in [2.75, 3.05) is 6.61 Å². The quantitative estimate of drug-likeness (QED) is 0.812. The van der Waals surface area contributed by atoms with Gasteiger partial charge in [-0.25, -0.2) is 0 Å². The van der Waals surface area contributed by atoms with Crippen LogP contribution in [-0.4, -0.2) is 28.3 Å². The van der Waals surface area contributed by atoms with Crippen molar-refractivity contribution in [1.82, 2.24) is 5.32 Å². The lowest BCUT2D eigenvalue weighted by Gasteiger charge is -2.28. The molecule has 3 rings (SSSR count). The summed E-state index contributed by atoms with van der Waals surface area (Å²) in [7, 11) is 0. The third kappa shape index (κ3) is 3.37. The Hall–Kier alpha value is -2.33. The molecular formula is C19H21NO3. The molecule has 2 aromatic carbocycles. The molecule has 1 amide bonds. The number of carbonyl (C=O) groups is 1. The Kier molecular flexibility index (Phi) is 4.35. The molecule has 3 N–H and O–H groups in total. The predicted molar refractivity (Wildman–Crippen MR) is 89.3 cm³/mol.